The molecule has 0 spiro atoms. The number of methoxy groups -OCH3 is 1. The molecule has 1 N–H and O–H groups in total. The van der Waals surface area contributed by atoms with Crippen LogP contribution >= 0.6 is 0 Å². The molecule has 0 aliphatic carbocycles. The fourth-order valence-electron chi connectivity index (χ4n) is 4.56. The molecule has 2 aliphatic heterocycles. The zero-order valence-electron chi connectivity index (χ0n) is 20.2. The van der Waals surface area contributed by atoms with Gasteiger partial charge in [-0.05, 0) is 74.3 Å². The van der Waals surface area contributed by atoms with E-state index in [-0.39, 0.29) is 5.57 Å². The van der Waals surface area contributed by atoms with Crippen LogP contribution < -0.4 is 9.47 Å². The number of benzene rings is 1. The first-order chi connectivity index (χ1) is 17.0. The molecule has 1 fully saturated rings. The Labute approximate surface area is 205 Å². The van der Waals surface area contributed by atoms with Gasteiger partial charge in [0.05, 0.1) is 31.6 Å². The summed E-state index contributed by atoms with van der Waals surface area (Å²) < 4.78 is 16.6. The van der Waals surface area contributed by atoms with Crippen LogP contribution in [0.1, 0.15) is 43.6 Å². The summed E-state index contributed by atoms with van der Waals surface area (Å²) in [4.78, 5) is 30.3. The molecular weight excluding hydrogens is 448 g/mol. The van der Waals surface area contributed by atoms with Crippen LogP contribution in [0, 0.1) is 0 Å². The van der Waals surface area contributed by atoms with Crippen LogP contribution in [0.2, 0.25) is 0 Å². The predicted octanol–water partition coefficient (Wildman–Crippen LogP) is 4.15. The Hall–Kier alpha value is -3.52. The summed E-state index contributed by atoms with van der Waals surface area (Å²) in [7, 11) is 1.55. The van der Waals surface area contributed by atoms with Crippen LogP contribution in [0.25, 0.3) is 6.08 Å². The van der Waals surface area contributed by atoms with Crippen LogP contribution in [0.15, 0.2) is 58.4 Å². The van der Waals surface area contributed by atoms with Gasteiger partial charge in [0.2, 0.25) is 0 Å². The van der Waals surface area contributed by atoms with Crippen molar-refractivity contribution in [3.05, 3.63) is 65.3 Å². The second-order valence-electron chi connectivity index (χ2n) is 8.68. The lowest BCUT2D eigenvalue weighted by atomic mass is 9.95. The minimum absolute atomic E-state index is 0.0449. The summed E-state index contributed by atoms with van der Waals surface area (Å²) in [5, 5.41) is 10.8. The van der Waals surface area contributed by atoms with E-state index in [0.29, 0.717) is 42.5 Å². The van der Waals surface area contributed by atoms with Crippen molar-refractivity contribution in [1.82, 2.24) is 9.80 Å². The Morgan fingerprint density at radius 2 is 2.00 bits per heavy atom. The lowest BCUT2D eigenvalue weighted by molar-refractivity contribution is -0.129. The average molecular weight is 481 g/mol. The normalized spacial score (nSPS) is 18.7. The number of allylic oxidation sites excluding steroid dienone is 1. The van der Waals surface area contributed by atoms with Gasteiger partial charge in [-0.2, -0.15) is 0 Å². The van der Waals surface area contributed by atoms with Crippen LogP contribution in [0.4, 0.5) is 0 Å². The number of hydrogen-bond donors (Lipinski definition) is 1. The van der Waals surface area contributed by atoms with Crippen molar-refractivity contribution in [2.75, 3.05) is 39.9 Å². The van der Waals surface area contributed by atoms with E-state index in [2.05, 4.69) is 4.90 Å². The zero-order valence-corrected chi connectivity index (χ0v) is 20.2. The van der Waals surface area contributed by atoms with Gasteiger partial charge < -0.3 is 28.8 Å². The molecule has 8 nitrogen and oxygen atoms in total. The molecule has 1 saturated heterocycles. The van der Waals surface area contributed by atoms with Crippen molar-refractivity contribution in [2.24, 2.45) is 0 Å². The van der Waals surface area contributed by atoms with Crippen molar-refractivity contribution in [3.8, 4) is 11.5 Å². The smallest absolute Gasteiger partial charge is 0.290 e. The topological polar surface area (TPSA) is 92.5 Å². The highest BCUT2D eigenvalue weighted by atomic mass is 16.5. The molecule has 1 aromatic heterocycles. The van der Waals surface area contributed by atoms with E-state index in [9.17, 15) is 14.7 Å². The first-order valence-corrected chi connectivity index (χ1v) is 12.1. The maximum absolute atomic E-state index is 13.3. The Balaban J connectivity index is 1.67. The number of carbonyl (C=O) groups is 2. The molecule has 3 heterocycles. The SMILES string of the molecule is CCCOc1ccc(C2C(C(=O)/C=C/c3ccco3)=C(O)C(=O)N2CCN2CCCC2)cc1OC. The minimum Gasteiger partial charge on any atom is -0.503 e. The van der Waals surface area contributed by atoms with Gasteiger partial charge in [0, 0.05) is 13.1 Å². The molecule has 0 bridgehead atoms. The van der Waals surface area contributed by atoms with E-state index in [4.69, 9.17) is 13.9 Å². The number of rotatable bonds is 11. The number of ether oxygens (including phenoxy) is 2. The van der Waals surface area contributed by atoms with Crippen LogP contribution in [0.3, 0.4) is 0 Å². The summed E-state index contributed by atoms with van der Waals surface area (Å²) >= 11 is 0. The number of carbonyl (C=O) groups excluding carboxylic acids is 2. The van der Waals surface area contributed by atoms with Crippen molar-refractivity contribution in [1.29, 1.82) is 0 Å². The van der Waals surface area contributed by atoms with E-state index in [0.717, 1.165) is 32.4 Å². The Kier molecular flexibility index (Phi) is 7.92. The molecule has 8 heteroatoms. The van der Waals surface area contributed by atoms with Gasteiger partial charge in [-0.1, -0.05) is 13.0 Å². The fraction of sp³-hybridized carbons (Fsp3) is 0.407. The minimum atomic E-state index is -0.743. The van der Waals surface area contributed by atoms with Gasteiger partial charge in [0.25, 0.3) is 5.91 Å². The predicted molar refractivity (Wildman–Crippen MR) is 131 cm³/mol. The second-order valence-corrected chi connectivity index (χ2v) is 8.68. The molecule has 0 radical (unpaired) electrons. The number of hydrogen-bond acceptors (Lipinski definition) is 7. The van der Waals surface area contributed by atoms with E-state index < -0.39 is 23.5 Å². The maximum Gasteiger partial charge on any atom is 0.290 e. The van der Waals surface area contributed by atoms with E-state index >= 15 is 0 Å². The van der Waals surface area contributed by atoms with E-state index in [1.54, 1.807) is 36.3 Å². The second kappa shape index (κ2) is 11.3. The Bertz CT molecular complexity index is 1100. The highest BCUT2D eigenvalue weighted by Crippen LogP contribution is 2.41. The summed E-state index contributed by atoms with van der Waals surface area (Å²) in [6.45, 7) is 5.60. The number of nitrogens with zero attached hydrogens (tertiary/aromatic N) is 2. The summed E-state index contributed by atoms with van der Waals surface area (Å²) in [5.74, 6) is 0.0811. The first-order valence-electron chi connectivity index (χ1n) is 12.1. The van der Waals surface area contributed by atoms with Crippen LogP contribution in [-0.4, -0.2) is 66.5 Å². The summed E-state index contributed by atoms with van der Waals surface area (Å²) in [5.41, 5.74) is 0.711. The van der Waals surface area contributed by atoms with E-state index in [1.807, 2.05) is 13.0 Å². The standard InChI is InChI=1S/C27H32N2O6/c1-3-16-35-22-11-8-19(18-23(22)33-2)25-24(21(30)10-9-20-7-6-17-34-20)26(31)27(32)29(25)15-14-28-12-4-5-13-28/h6-11,17-18,25,31H,3-5,12-16H2,1-2H3/b10-9+. The van der Waals surface area contributed by atoms with Crippen LogP contribution in [-0.2, 0) is 9.59 Å². The lowest BCUT2D eigenvalue weighted by Gasteiger charge is -2.29. The largest absolute Gasteiger partial charge is 0.503 e. The Morgan fingerprint density at radius 1 is 1.20 bits per heavy atom. The quantitative estimate of drug-likeness (QED) is 0.483. The average Bonchev–Trinajstić information content (AvgIpc) is 3.63. The number of ketones is 1. The highest BCUT2D eigenvalue weighted by molar-refractivity contribution is 6.14. The molecular formula is C27H32N2O6. The summed E-state index contributed by atoms with van der Waals surface area (Å²) in [6.07, 6.45) is 7.49. The molecule has 1 atom stereocenters. The van der Waals surface area contributed by atoms with Gasteiger partial charge in [0.15, 0.2) is 23.0 Å². The molecule has 186 valence electrons. The molecule has 0 saturated carbocycles. The number of aliphatic hydroxyl groups excluding tert-OH is 1. The van der Waals surface area contributed by atoms with Gasteiger partial charge in [-0.15, -0.1) is 0 Å². The molecule has 2 aliphatic rings. The van der Waals surface area contributed by atoms with Crippen molar-refractivity contribution >= 4 is 17.8 Å². The molecule has 1 aromatic carbocycles. The van der Waals surface area contributed by atoms with Gasteiger partial charge >= 0.3 is 0 Å². The third-order valence-corrected chi connectivity index (χ3v) is 6.33. The summed E-state index contributed by atoms with van der Waals surface area (Å²) in [6, 6.07) is 8.07. The highest BCUT2D eigenvalue weighted by Gasteiger charge is 2.43. The fourth-order valence-corrected chi connectivity index (χ4v) is 4.56. The molecule has 2 aromatic rings. The van der Waals surface area contributed by atoms with Crippen LogP contribution in [0.5, 0.6) is 11.5 Å². The van der Waals surface area contributed by atoms with Crippen molar-refractivity contribution in [3.63, 3.8) is 0 Å². The number of likely N-dealkylation sites (tertiary alicyclic amines) is 1. The third kappa shape index (κ3) is 5.43. The zero-order chi connectivity index (χ0) is 24.8. The van der Waals surface area contributed by atoms with E-state index in [1.165, 1.54) is 18.4 Å². The number of furan rings is 1. The number of amides is 1. The maximum atomic E-state index is 13.3. The molecule has 1 amide bonds. The van der Waals surface area contributed by atoms with Gasteiger partial charge in [-0.25, -0.2) is 0 Å². The van der Waals surface area contributed by atoms with Gasteiger partial charge in [0.1, 0.15) is 5.76 Å². The monoisotopic (exact) mass is 480 g/mol. The van der Waals surface area contributed by atoms with Gasteiger partial charge in [-0.3, -0.25) is 9.59 Å². The van der Waals surface area contributed by atoms with Crippen molar-refractivity contribution in [2.45, 2.75) is 32.2 Å². The molecule has 1 unspecified atom stereocenters. The lowest BCUT2D eigenvalue weighted by Crippen LogP contribution is -2.37. The molecule has 35 heavy (non-hydrogen) atoms. The Morgan fingerprint density at radius 3 is 2.69 bits per heavy atom. The molecule has 4 rings (SSSR count). The number of aliphatic hydroxyl groups is 1. The third-order valence-electron chi connectivity index (χ3n) is 6.33. The first kappa shape index (κ1) is 24.6. The van der Waals surface area contributed by atoms with Crippen molar-refractivity contribution < 1.29 is 28.6 Å².